The van der Waals surface area contributed by atoms with Crippen molar-refractivity contribution in [1.82, 2.24) is 9.88 Å². The third-order valence-corrected chi connectivity index (χ3v) is 6.68. The summed E-state index contributed by atoms with van der Waals surface area (Å²) < 4.78 is 11.5. The number of hydrogen-bond acceptors (Lipinski definition) is 7. The first-order chi connectivity index (χ1) is 18.1. The Bertz CT molecular complexity index is 1120. The van der Waals surface area contributed by atoms with Crippen LogP contribution < -0.4 is 19.9 Å². The molecule has 1 saturated heterocycles. The minimum absolute atomic E-state index is 0.0571. The number of fused-ring (bicyclic) bond motifs is 1. The van der Waals surface area contributed by atoms with Crippen molar-refractivity contribution < 1.29 is 19.1 Å². The molecular formula is C29H41N5O4. The van der Waals surface area contributed by atoms with E-state index < -0.39 is 5.60 Å². The van der Waals surface area contributed by atoms with E-state index in [2.05, 4.69) is 46.9 Å². The first kappa shape index (κ1) is 27.5. The number of nitrogens with one attached hydrogen (secondary N) is 1. The molecule has 0 radical (unpaired) electrons. The van der Waals surface area contributed by atoms with Crippen molar-refractivity contribution in [3.8, 4) is 5.75 Å². The van der Waals surface area contributed by atoms with Crippen LogP contribution in [0.4, 0.5) is 22.0 Å². The van der Waals surface area contributed by atoms with Crippen LogP contribution in [-0.4, -0.2) is 72.9 Å². The van der Waals surface area contributed by atoms with E-state index in [1.165, 1.54) is 0 Å². The van der Waals surface area contributed by atoms with Crippen molar-refractivity contribution in [3.63, 3.8) is 0 Å². The van der Waals surface area contributed by atoms with Gasteiger partial charge in [0, 0.05) is 50.4 Å². The van der Waals surface area contributed by atoms with E-state index in [0.29, 0.717) is 50.8 Å². The van der Waals surface area contributed by atoms with Crippen molar-refractivity contribution in [2.75, 3.05) is 54.4 Å². The number of anilines is 3. The second-order valence-corrected chi connectivity index (χ2v) is 11.3. The number of likely N-dealkylation sites (N-methyl/N-ethyl adjacent to an activating group) is 1. The Balaban J connectivity index is 1.35. The summed E-state index contributed by atoms with van der Waals surface area (Å²) in [7, 11) is 0. The second kappa shape index (κ2) is 11.5. The number of ether oxygens (including phenoxy) is 2. The summed E-state index contributed by atoms with van der Waals surface area (Å²) in [6.45, 7) is 15.8. The highest BCUT2D eigenvalue weighted by atomic mass is 16.6. The van der Waals surface area contributed by atoms with Crippen molar-refractivity contribution in [2.45, 2.75) is 59.6 Å². The molecule has 2 amide bonds. The maximum atomic E-state index is 13.3. The van der Waals surface area contributed by atoms with Crippen LogP contribution in [0.15, 0.2) is 36.5 Å². The normalized spacial score (nSPS) is 17.4. The molecule has 206 valence electrons. The molecule has 9 nitrogen and oxygen atoms in total. The van der Waals surface area contributed by atoms with Gasteiger partial charge in [0.1, 0.15) is 23.2 Å². The molecule has 1 fully saturated rings. The Morgan fingerprint density at radius 2 is 1.84 bits per heavy atom. The zero-order valence-electron chi connectivity index (χ0n) is 23.5. The van der Waals surface area contributed by atoms with Gasteiger partial charge in [0.05, 0.1) is 18.5 Å². The summed E-state index contributed by atoms with van der Waals surface area (Å²) in [5.74, 6) is 2.06. The monoisotopic (exact) mass is 523 g/mol. The maximum absolute atomic E-state index is 13.3. The van der Waals surface area contributed by atoms with E-state index >= 15 is 0 Å². The van der Waals surface area contributed by atoms with Gasteiger partial charge >= 0.3 is 6.09 Å². The Morgan fingerprint density at radius 1 is 1.11 bits per heavy atom. The van der Waals surface area contributed by atoms with Gasteiger partial charge in [-0.2, -0.15) is 0 Å². The molecule has 1 aromatic carbocycles. The predicted octanol–water partition coefficient (Wildman–Crippen LogP) is 4.56. The number of piperazine rings is 1. The maximum Gasteiger partial charge on any atom is 0.410 e. The van der Waals surface area contributed by atoms with Crippen LogP contribution in [0.2, 0.25) is 0 Å². The molecule has 9 heteroatoms. The summed E-state index contributed by atoms with van der Waals surface area (Å²) in [5, 5.41) is 3.05. The van der Waals surface area contributed by atoms with Gasteiger partial charge in [-0.3, -0.25) is 4.79 Å². The number of nitrogens with zero attached hydrogens (tertiary/aromatic N) is 4. The quantitative estimate of drug-likeness (QED) is 0.569. The van der Waals surface area contributed by atoms with Gasteiger partial charge < -0.3 is 29.5 Å². The number of aromatic nitrogens is 1. The van der Waals surface area contributed by atoms with Gasteiger partial charge in [0.25, 0.3) is 0 Å². The van der Waals surface area contributed by atoms with Crippen molar-refractivity contribution >= 4 is 29.2 Å². The molecule has 1 aromatic heterocycles. The molecule has 2 aliphatic heterocycles. The lowest BCUT2D eigenvalue weighted by atomic mass is 10.1. The third kappa shape index (κ3) is 6.49. The lowest BCUT2D eigenvalue weighted by Gasteiger charge is -2.36. The fourth-order valence-corrected chi connectivity index (χ4v) is 4.83. The molecular weight excluding hydrogens is 482 g/mol. The van der Waals surface area contributed by atoms with Crippen LogP contribution in [0, 0.1) is 5.92 Å². The average molecular weight is 524 g/mol. The lowest BCUT2D eigenvalue weighted by Crippen LogP contribution is -2.50. The molecule has 0 saturated carbocycles. The van der Waals surface area contributed by atoms with Crippen molar-refractivity contribution in [3.05, 3.63) is 42.1 Å². The minimum atomic E-state index is -0.505. The molecule has 2 aromatic rings. The average Bonchev–Trinajstić information content (AvgIpc) is 3.26. The van der Waals surface area contributed by atoms with Crippen LogP contribution in [0.5, 0.6) is 5.75 Å². The summed E-state index contributed by atoms with van der Waals surface area (Å²) in [6, 6.07) is 9.54. The Kier molecular flexibility index (Phi) is 8.33. The fraction of sp³-hybridized carbons (Fsp3) is 0.552. The molecule has 0 spiro atoms. The highest BCUT2D eigenvalue weighted by Crippen LogP contribution is 2.38. The van der Waals surface area contributed by atoms with Gasteiger partial charge in [-0.05, 0) is 57.9 Å². The Hall–Kier alpha value is -3.49. The van der Waals surface area contributed by atoms with Gasteiger partial charge in [0.2, 0.25) is 5.91 Å². The third-order valence-electron chi connectivity index (χ3n) is 6.68. The Labute approximate surface area is 226 Å². The minimum Gasteiger partial charge on any atom is -0.493 e. The van der Waals surface area contributed by atoms with Crippen molar-refractivity contribution in [2.24, 2.45) is 5.92 Å². The van der Waals surface area contributed by atoms with Gasteiger partial charge in [-0.1, -0.05) is 19.9 Å². The zero-order valence-corrected chi connectivity index (χ0v) is 23.5. The second-order valence-electron chi connectivity index (χ2n) is 11.3. The molecule has 1 atom stereocenters. The summed E-state index contributed by atoms with van der Waals surface area (Å²) in [5.41, 5.74) is 2.31. The van der Waals surface area contributed by atoms with E-state index in [4.69, 9.17) is 9.47 Å². The van der Waals surface area contributed by atoms with Crippen LogP contribution in [0.3, 0.4) is 0 Å². The van der Waals surface area contributed by atoms with E-state index in [1.54, 1.807) is 11.1 Å². The molecule has 1 N–H and O–H groups in total. The van der Waals surface area contributed by atoms with Crippen LogP contribution >= 0.6 is 0 Å². The first-order valence-electron chi connectivity index (χ1n) is 13.6. The van der Waals surface area contributed by atoms with Gasteiger partial charge in [-0.15, -0.1) is 0 Å². The summed E-state index contributed by atoms with van der Waals surface area (Å²) >= 11 is 0. The van der Waals surface area contributed by atoms with Crippen LogP contribution in [-0.2, 0) is 16.0 Å². The molecule has 2 aliphatic rings. The predicted molar refractivity (Wildman–Crippen MR) is 150 cm³/mol. The van der Waals surface area contributed by atoms with Gasteiger partial charge in [-0.25, -0.2) is 9.78 Å². The molecule has 38 heavy (non-hydrogen) atoms. The summed E-state index contributed by atoms with van der Waals surface area (Å²) in [6.07, 6.45) is 2.02. The number of rotatable bonds is 7. The van der Waals surface area contributed by atoms with E-state index in [-0.39, 0.29) is 18.0 Å². The number of amides is 2. The standard InChI is InChI=1S/C29H41N5O4/c1-7-34-23-9-8-10-25(37-19-20(2)3)22(23)17-24(34)27(35)31-21-11-12-26(30-18-21)32-13-15-33(16-14-32)28(36)38-29(4,5)6/h8-12,18,20,24H,7,13-17,19H2,1-6H3,(H,31,35). The Morgan fingerprint density at radius 3 is 2.45 bits per heavy atom. The number of carbonyl (C=O) groups excluding carboxylic acids is 2. The molecule has 0 aliphatic carbocycles. The smallest absolute Gasteiger partial charge is 0.410 e. The highest BCUT2D eigenvalue weighted by Gasteiger charge is 2.35. The van der Waals surface area contributed by atoms with Crippen molar-refractivity contribution in [1.29, 1.82) is 0 Å². The number of hydrogen-bond donors (Lipinski definition) is 1. The van der Waals surface area contributed by atoms with Crippen LogP contribution in [0.1, 0.15) is 47.1 Å². The fourth-order valence-electron chi connectivity index (χ4n) is 4.83. The van der Waals surface area contributed by atoms with E-state index in [9.17, 15) is 9.59 Å². The molecule has 1 unspecified atom stereocenters. The van der Waals surface area contributed by atoms with Gasteiger partial charge in [0.15, 0.2) is 0 Å². The molecule has 0 bridgehead atoms. The van der Waals surface area contributed by atoms with E-state index in [0.717, 1.165) is 29.4 Å². The number of carbonyl (C=O) groups is 2. The lowest BCUT2D eigenvalue weighted by molar-refractivity contribution is -0.117. The summed E-state index contributed by atoms with van der Waals surface area (Å²) in [4.78, 5) is 36.3. The van der Waals surface area contributed by atoms with E-state index in [1.807, 2.05) is 45.0 Å². The molecule has 3 heterocycles. The highest BCUT2D eigenvalue weighted by molar-refractivity contribution is 5.98. The molecule has 4 rings (SSSR count). The number of pyridine rings is 1. The number of benzene rings is 1. The topological polar surface area (TPSA) is 87.2 Å². The van der Waals surface area contributed by atoms with Crippen LogP contribution in [0.25, 0.3) is 0 Å². The zero-order chi connectivity index (χ0) is 27.4. The largest absolute Gasteiger partial charge is 0.493 e. The first-order valence-corrected chi connectivity index (χ1v) is 13.6. The SMILES string of the molecule is CCN1c2cccc(OCC(C)C)c2CC1C(=O)Nc1ccc(N2CCN(C(=O)OC(C)(C)C)CC2)nc1.